The van der Waals surface area contributed by atoms with Gasteiger partial charge in [0, 0.05) is 6.54 Å². The first-order valence-electron chi connectivity index (χ1n) is 10.7. The van der Waals surface area contributed by atoms with Crippen LogP contribution in [-0.4, -0.2) is 30.0 Å². The normalized spacial score (nSPS) is 14.2. The van der Waals surface area contributed by atoms with Crippen molar-refractivity contribution in [2.45, 2.75) is 32.7 Å². The first kappa shape index (κ1) is 22.0. The van der Waals surface area contributed by atoms with Crippen LogP contribution in [0.5, 0.6) is 5.75 Å². The lowest BCUT2D eigenvalue weighted by Gasteiger charge is -2.19. The minimum Gasteiger partial charge on any atom is -0.497 e. The number of methoxy groups -OCH3 is 1. The second-order valence-corrected chi connectivity index (χ2v) is 7.97. The van der Waals surface area contributed by atoms with Crippen LogP contribution in [0.15, 0.2) is 59.7 Å². The second-order valence-electron chi connectivity index (χ2n) is 7.56. The first-order chi connectivity index (χ1) is 15.6. The van der Waals surface area contributed by atoms with Gasteiger partial charge in [-0.05, 0) is 67.6 Å². The Hall–Kier alpha value is -3.25. The van der Waals surface area contributed by atoms with Crippen LogP contribution in [0.3, 0.4) is 0 Å². The Morgan fingerprint density at radius 2 is 1.94 bits per heavy atom. The van der Waals surface area contributed by atoms with Gasteiger partial charge < -0.3 is 14.0 Å². The zero-order valence-electron chi connectivity index (χ0n) is 18.2. The van der Waals surface area contributed by atoms with E-state index >= 15 is 0 Å². The summed E-state index contributed by atoms with van der Waals surface area (Å²) in [6.45, 7) is 2.67. The molecule has 0 radical (unpaired) electrons. The molecule has 166 valence electrons. The number of anilines is 1. The summed E-state index contributed by atoms with van der Waals surface area (Å²) >= 11 is 6.28. The van der Waals surface area contributed by atoms with Crippen LogP contribution in [-0.2, 0) is 17.7 Å². The van der Waals surface area contributed by atoms with Crippen LogP contribution >= 0.6 is 11.6 Å². The molecule has 1 aromatic heterocycles. The van der Waals surface area contributed by atoms with Crippen molar-refractivity contribution in [3.05, 3.63) is 82.1 Å². The number of esters is 1. The lowest BCUT2D eigenvalue weighted by atomic mass is 9.96. The molecular weight excluding hydrogens is 426 g/mol. The molecule has 2 aromatic carbocycles. The summed E-state index contributed by atoms with van der Waals surface area (Å²) in [6, 6.07) is 17.3. The number of halogens is 1. The highest BCUT2D eigenvalue weighted by molar-refractivity contribution is 6.33. The molecule has 0 aliphatic heterocycles. The van der Waals surface area contributed by atoms with Gasteiger partial charge in [-0.15, -0.1) is 0 Å². The summed E-state index contributed by atoms with van der Waals surface area (Å²) in [7, 11) is 1.64. The third-order valence-corrected chi connectivity index (χ3v) is 5.81. The molecule has 0 unspecified atom stereocenters. The van der Waals surface area contributed by atoms with Gasteiger partial charge in [-0.3, -0.25) is 5.43 Å². The maximum absolute atomic E-state index is 12.8. The summed E-state index contributed by atoms with van der Waals surface area (Å²) in [5, 5.41) is 5.30. The SMILES string of the molecule is CCOC(=O)c1cc2c(n1Cc1ccc(OC)cc1)/C(=N/Nc1ccccc1Cl)CCC2. The fourth-order valence-electron chi connectivity index (χ4n) is 3.94. The minimum atomic E-state index is -0.325. The number of fused-ring (bicyclic) bond motifs is 1. The summed E-state index contributed by atoms with van der Waals surface area (Å²) in [5.41, 5.74) is 8.41. The Bertz CT molecular complexity index is 1140. The number of nitrogens with one attached hydrogen (secondary N) is 1. The van der Waals surface area contributed by atoms with Gasteiger partial charge >= 0.3 is 5.97 Å². The van der Waals surface area contributed by atoms with Crippen molar-refractivity contribution in [1.29, 1.82) is 0 Å². The highest BCUT2D eigenvalue weighted by Gasteiger charge is 2.27. The largest absolute Gasteiger partial charge is 0.497 e. The average molecular weight is 452 g/mol. The molecule has 1 heterocycles. The zero-order valence-corrected chi connectivity index (χ0v) is 19.0. The third-order valence-electron chi connectivity index (χ3n) is 5.48. The average Bonchev–Trinajstić information content (AvgIpc) is 3.18. The van der Waals surface area contributed by atoms with Gasteiger partial charge in [0.2, 0.25) is 0 Å². The minimum absolute atomic E-state index is 0.325. The molecule has 0 saturated heterocycles. The van der Waals surface area contributed by atoms with Crippen molar-refractivity contribution >= 4 is 29.0 Å². The smallest absolute Gasteiger partial charge is 0.354 e. The zero-order chi connectivity index (χ0) is 22.5. The Kier molecular flexibility index (Phi) is 6.81. The predicted molar refractivity (Wildman–Crippen MR) is 127 cm³/mol. The van der Waals surface area contributed by atoms with E-state index in [4.69, 9.17) is 26.2 Å². The van der Waals surface area contributed by atoms with Crippen LogP contribution < -0.4 is 10.2 Å². The quantitative estimate of drug-likeness (QED) is 0.379. The van der Waals surface area contributed by atoms with Crippen LogP contribution in [0.2, 0.25) is 5.02 Å². The lowest BCUT2D eigenvalue weighted by Crippen LogP contribution is -2.21. The third kappa shape index (κ3) is 4.65. The Labute approximate surface area is 192 Å². The van der Waals surface area contributed by atoms with Crippen LogP contribution in [0.4, 0.5) is 5.69 Å². The number of nitrogens with zero attached hydrogens (tertiary/aromatic N) is 2. The molecule has 4 rings (SSSR count). The number of aryl methyl sites for hydroxylation is 1. The van der Waals surface area contributed by atoms with E-state index in [9.17, 15) is 4.79 Å². The molecule has 0 atom stereocenters. The molecular formula is C25H26ClN3O3. The maximum atomic E-state index is 12.8. The summed E-state index contributed by atoms with van der Waals surface area (Å²) in [4.78, 5) is 12.8. The second kappa shape index (κ2) is 9.92. The highest BCUT2D eigenvalue weighted by atomic mass is 35.5. The highest BCUT2D eigenvalue weighted by Crippen LogP contribution is 2.29. The fraction of sp³-hybridized carbons (Fsp3) is 0.280. The molecule has 3 aromatic rings. The molecule has 32 heavy (non-hydrogen) atoms. The van der Waals surface area contributed by atoms with Gasteiger partial charge in [0.25, 0.3) is 0 Å². The van der Waals surface area contributed by atoms with Gasteiger partial charge in [0.1, 0.15) is 11.4 Å². The Morgan fingerprint density at radius 1 is 1.16 bits per heavy atom. The van der Waals surface area contributed by atoms with Crippen molar-refractivity contribution in [3.8, 4) is 5.75 Å². The van der Waals surface area contributed by atoms with Crippen LogP contribution in [0.25, 0.3) is 0 Å². The van der Waals surface area contributed by atoms with E-state index in [1.807, 2.05) is 66.1 Å². The molecule has 1 N–H and O–H groups in total. The Balaban J connectivity index is 1.74. The Morgan fingerprint density at radius 3 is 2.66 bits per heavy atom. The standard InChI is InChI=1S/C25H26ClN3O3/c1-3-32-25(30)23-15-18-7-6-10-22(28-27-21-9-5-4-8-20(21)26)24(18)29(23)16-17-11-13-19(31-2)14-12-17/h4-5,8-9,11-15,27H,3,6-7,10,16H2,1-2H3/b28-22+. The molecule has 1 aliphatic carbocycles. The molecule has 0 bridgehead atoms. The van der Waals surface area contributed by atoms with E-state index in [1.165, 1.54) is 0 Å². The monoisotopic (exact) mass is 451 g/mol. The molecule has 0 fully saturated rings. The molecule has 0 spiro atoms. The van der Waals surface area contributed by atoms with E-state index < -0.39 is 0 Å². The number of hydrazone groups is 1. The number of hydrogen-bond donors (Lipinski definition) is 1. The number of carbonyl (C=O) groups excluding carboxylic acids is 1. The molecule has 0 saturated carbocycles. The van der Waals surface area contributed by atoms with Gasteiger partial charge in [-0.1, -0.05) is 35.9 Å². The number of para-hydroxylation sites is 1. The van der Waals surface area contributed by atoms with Crippen molar-refractivity contribution in [3.63, 3.8) is 0 Å². The predicted octanol–water partition coefficient (Wildman–Crippen LogP) is 5.53. The van der Waals surface area contributed by atoms with E-state index in [-0.39, 0.29) is 5.97 Å². The number of ether oxygens (including phenoxy) is 2. The van der Waals surface area contributed by atoms with Gasteiger partial charge in [-0.25, -0.2) is 4.79 Å². The van der Waals surface area contributed by atoms with E-state index in [2.05, 4.69) is 5.43 Å². The summed E-state index contributed by atoms with van der Waals surface area (Å²) < 4.78 is 12.6. The summed E-state index contributed by atoms with van der Waals surface area (Å²) in [5.74, 6) is 0.467. The van der Waals surface area contributed by atoms with Crippen molar-refractivity contribution < 1.29 is 14.3 Å². The topological polar surface area (TPSA) is 64.8 Å². The van der Waals surface area contributed by atoms with Crippen molar-refractivity contribution in [2.24, 2.45) is 5.10 Å². The molecule has 1 aliphatic rings. The van der Waals surface area contributed by atoms with Crippen LogP contribution in [0.1, 0.15) is 47.1 Å². The molecule has 7 heteroatoms. The summed E-state index contributed by atoms with van der Waals surface area (Å²) in [6.07, 6.45) is 2.66. The van der Waals surface area contributed by atoms with Crippen LogP contribution in [0, 0.1) is 0 Å². The number of rotatable bonds is 7. The number of carbonyl (C=O) groups is 1. The molecule has 6 nitrogen and oxygen atoms in total. The number of hydrogen-bond acceptors (Lipinski definition) is 5. The first-order valence-corrected chi connectivity index (χ1v) is 11.1. The van der Waals surface area contributed by atoms with Gasteiger partial charge in [-0.2, -0.15) is 5.10 Å². The van der Waals surface area contributed by atoms with E-state index in [0.717, 1.165) is 53.2 Å². The van der Waals surface area contributed by atoms with E-state index in [1.54, 1.807) is 7.11 Å². The lowest BCUT2D eigenvalue weighted by molar-refractivity contribution is 0.0514. The van der Waals surface area contributed by atoms with Gasteiger partial charge in [0.15, 0.2) is 0 Å². The molecule has 0 amide bonds. The number of benzene rings is 2. The van der Waals surface area contributed by atoms with E-state index in [0.29, 0.717) is 23.9 Å². The van der Waals surface area contributed by atoms with Gasteiger partial charge in [0.05, 0.1) is 35.8 Å². The van der Waals surface area contributed by atoms with Crippen molar-refractivity contribution in [2.75, 3.05) is 19.1 Å². The number of aromatic nitrogens is 1. The maximum Gasteiger partial charge on any atom is 0.354 e. The van der Waals surface area contributed by atoms with Crippen molar-refractivity contribution in [1.82, 2.24) is 4.57 Å². The fourth-order valence-corrected chi connectivity index (χ4v) is 4.12.